The predicted molar refractivity (Wildman–Crippen MR) is 105 cm³/mol. The number of aryl methyl sites for hydroxylation is 1. The largest absolute Gasteiger partial charge is 0.367 e. The molecule has 0 saturated carbocycles. The van der Waals surface area contributed by atoms with Crippen LogP contribution < -0.4 is 5.73 Å². The zero-order chi connectivity index (χ0) is 19.4. The van der Waals surface area contributed by atoms with Crippen molar-refractivity contribution in [2.24, 2.45) is 5.73 Å². The Morgan fingerprint density at radius 1 is 1.15 bits per heavy atom. The first kappa shape index (κ1) is 19.1. The van der Waals surface area contributed by atoms with E-state index in [4.69, 9.17) is 10.5 Å². The molecule has 2 amide bonds. The molecule has 1 aliphatic rings. The molecule has 1 aliphatic heterocycles. The topological polar surface area (TPSA) is 72.6 Å². The molecule has 0 bridgehead atoms. The molecule has 1 heterocycles. The first-order valence-corrected chi connectivity index (χ1v) is 9.31. The molecule has 5 heteroatoms. The standard InChI is InChI=1S/C22H26N2O3/c1-3-20(25)24-11-12-27-22(15-24,21(23)26)14-17-5-4-6-19(13-17)18-9-7-16(2)8-10-18/h4-10,13H,3,11-12,14-15H2,1-2H3,(H2,23,26)/t22-/m1/s1. The van der Waals surface area contributed by atoms with E-state index >= 15 is 0 Å². The summed E-state index contributed by atoms with van der Waals surface area (Å²) in [4.78, 5) is 26.1. The second-order valence-electron chi connectivity index (χ2n) is 7.12. The highest BCUT2D eigenvalue weighted by Gasteiger charge is 2.43. The molecule has 2 N–H and O–H groups in total. The summed E-state index contributed by atoms with van der Waals surface area (Å²) in [6.07, 6.45) is 0.743. The smallest absolute Gasteiger partial charge is 0.251 e. The summed E-state index contributed by atoms with van der Waals surface area (Å²) in [6, 6.07) is 16.3. The third-order valence-electron chi connectivity index (χ3n) is 5.09. The van der Waals surface area contributed by atoms with Crippen molar-refractivity contribution in [2.45, 2.75) is 32.3 Å². The van der Waals surface area contributed by atoms with Gasteiger partial charge in [0.05, 0.1) is 13.2 Å². The number of hydrogen-bond acceptors (Lipinski definition) is 3. The van der Waals surface area contributed by atoms with Crippen molar-refractivity contribution >= 4 is 11.8 Å². The van der Waals surface area contributed by atoms with Crippen LogP contribution in [-0.2, 0) is 20.7 Å². The number of nitrogens with zero attached hydrogens (tertiary/aromatic N) is 1. The van der Waals surface area contributed by atoms with Crippen LogP contribution in [0.1, 0.15) is 24.5 Å². The third kappa shape index (κ3) is 4.19. The van der Waals surface area contributed by atoms with Crippen LogP contribution in [0.3, 0.4) is 0 Å². The molecule has 0 radical (unpaired) electrons. The van der Waals surface area contributed by atoms with E-state index in [-0.39, 0.29) is 12.5 Å². The van der Waals surface area contributed by atoms with Gasteiger partial charge in [-0.25, -0.2) is 0 Å². The third-order valence-corrected chi connectivity index (χ3v) is 5.09. The molecule has 3 rings (SSSR count). The Balaban J connectivity index is 1.87. The molecular weight excluding hydrogens is 340 g/mol. The highest BCUT2D eigenvalue weighted by Crippen LogP contribution is 2.27. The van der Waals surface area contributed by atoms with Gasteiger partial charge in [0.2, 0.25) is 5.91 Å². The molecule has 1 saturated heterocycles. The SMILES string of the molecule is CCC(=O)N1CCO[C@@](Cc2cccc(-c3ccc(C)cc3)c2)(C(N)=O)C1. The normalized spacial score (nSPS) is 19.7. The average molecular weight is 366 g/mol. The van der Waals surface area contributed by atoms with Crippen LogP contribution in [0.25, 0.3) is 11.1 Å². The monoisotopic (exact) mass is 366 g/mol. The second-order valence-corrected chi connectivity index (χ2v) is 7.12. The summed E-state index contributed by atoms with van der Waals surface area (Å²) < 4.78 is 5.85. The predicted octanol–water partition coefficient (Wildman–Crippen LogP) is 2.70. The number of carbonyl (C=O) groups excluding carboxylic acids is 2. The van der Waals surface area contributed by atoms with E-state index in [2.05, 4.69) is 37.3 Å². The van der Waals surface area contributed by atoms with Crippen molar-refractivity contribution in [3.8, 4) is 11.1 Å². The lowest BCUT2D eigenvalue weighted by molar-refractivity contribution is -0.163. The number of amides is 2. The number of benzene rings is 2. The fourth-order valence-electron chi connectivity index (χ4n) is 3.50. The van der Waals surface area contributed by atoms with Gasteiger partial charge in [-0.1, -0.05) is 61.0 Å². The molecule has 1 fully saturated rings. The fourth-order valence-corrected chi connectivity index (χ4v) is 3.50. The summed E-state index contributed by atoms with van der Waals surface area (Å²) >= 11 is 0. The van der Waals surface area contributed by atoms with Gasteiger partial charge in [0.1, 0.15) is 0 Å². The molecule has 1 atom stereocenters. The molecule has 2 aromatic carbocycles. The summed E-state index contributed by atoms with van der Waals surface area (Å²) in [6.45, 7) is 4.87. The van der Waals surface area contributed by atoms with Gasteiger partial charge in [0.15, 0.2) is 5.60 Å². The maximum absolute atomic E-state index is 12.3. The van der Waals surface area contributed by atoms with Crippen LogP contribution >= 0.6 is 0 Å². The number of morpholine rings is 1. The number of ether oxygens (including phenoxy) is 1. The Kier molecular flexibility index (Phi) is 5.61. The first-order valence-electron chi connectivity index (χ1n) is 9.31. The second kappa shape index (κ2) is 7.92. The van der Waals surface area contributed by atoms with Gasteiger partial charge in [-0.3, -0.25) is 9.59 Å². The summed E-state index contributed by atoms with van der Waals surface area (Å²) in [5.41, 5.74) is 8.88. The van der Waals surface area contributed by atoms with Crippen LogP contribution in [0.5, 0.6) is 0 Å². The van der Waals surface area contributed by atoms with E-state index in [1.54, 1.807) is 4.90 Å². The van der Waals surface area contributed by atoms with Crippen LogP contribution in [0, 0.1) is 6.92 Å². The highest BCUT2D eigenvalue weighted by atomic mass is 16.5. The van der Waals surface area contributed by atoms with E-state index < -0.39 is 11.5 Å². The maximum Gasteiger partial charge on any atom is 0.251 e. The molecular formula is C22H26N2O3. The Morgan fingerprint density at radius 2 is 1.89 bits per heavy atom. The summed E-state index contributed by atoms with van der Waals surface area (Å²) in [5.74, 6) is -0.519. The zero-order valence-corrected chi connectivity index (χ0v) is 15.9. The van der Waals surface area contributed by atoms with Crippen molar-refractivity contribution in [2.75, 3.05) is 19.7 Å². The van der Waals surface area contributed by atoms with Gasteiger partial charge in [-0.2, -0.15) is 0 Å². The molecule has 2 aromatic rings. The quantitative estimate of drug-likeness (QED) is 0.884. The lowest BCUT2D eigenvalue weighted by atomic mass is 9.90. The highest BCUT2D eigenvalue weighted by molar-refractivity contribution is 5.86. The number of nitrogens with two attached hydrogens (primary N) is 1. The van der Waals surface area contributed by atoms with E-state index in [1.807, 2.05) is 25.1 Å². The molecule has 27 heavy (non-hydrogen) atoms. The van der Waals surface area contributed by atoms with Gasteiger partial charge in [-0.15, -0.1) is 0 Å². The van der Waals surface area contributed by atoms with E-state index in [0.29, 0.717) is 26.0 Å². The minimum absolute atomic E-state index is 0.0114. The molecule has 0 unspecified atom stereocenters. The van der Waals surface area contributed by atoms with Crippen molar-refractivity contribution < 1.29 is 14.3 Å². The summed E-state index contributed by atoms with van der Waals surface area (Å²) in [5, 5.41) is 0. The molecule has 0 aliphatic carbocycles. The van der Waals surface area contributed by atoms with Gasteiger partial charge in [-0.05, 0) is 23.6 Å². The Morgan fingerprint density at radius 3 is 2.56 bits per heavy atom. The molecule has 0 spiro atoms. The minimum Gasteiger partial charge on any atom is -0.367 e. The maximum atomic E-state index is 12.3. The molecule has 142 valence electrons. The van der Waals surface area contributed by atoms with Crippen molar-refractivity contribution in [1.29, 1.82) is 0 Å². The number of rotatable bonds is 5. The number of primary amides is 1. The number of hydrogen-bond donors (Lipinski definition) is 1. The number of carbonyl (C=O) groups is 2. The van der Waals surface area contributed by atoms with Crippen molar-refractivity contribution in [1.82, 2.24) is 4.90 Å². The molecule has 5 nitrogen and oxygen atoms in total. The van der Waals surface area contributed by atoms with Crippen molar-refractivity contribution in [3.63, 3.8) is 0 Å². The molecule has 0 aromatic heterocycles. The Labute approximate surface area is 160 Å². The van der Waals surface area contributed by atoms with Gasteiger partial charge < -0.3 is 15.4 Å². The lowest BCUT2D eigenvalue weighted by Gasteiger charge is -2.40. The fraction of sp³-hybridized carbons (Fsp3) is 0.364. The minimum atomic E-state index is -1.19. The van der Waals surface area contributed by atoms with Gasteiger partial charge in [0, 0.05) is 19.4 Å². The summed E-state index contributed by atoms with van der Waals surface area (Å²) in [7, 11) is 0. The Hall–Kier alpha value is -2.66. The zero-order valence-electron chi connectivity index (χ0n) is 15.9. The van der Waals surface area contributed by atoms with Crippen LogP contribution in [-0.4, -0.2) is 42.0 Å². The van der Waals surface area contributed by atoms with E-state index in [0.717, 1.165) is 16.7 Å². The van der Waals surface area contributed by atoms with Crippen molar-refractivity contribution in [3.05, 3.63) is 59.7 Å². The van der Waals surface area contributed by atoms with Gasteiger partial charge in [0.25, 0.3) is 5.91 Å². The average Bonchev–Trinajstić information content (AvgIpc) is 2.68. The van der Waals surface area contributed by atoms with Gasteiger partial charge >= 0.3 is 0 Å². The van der Waals surface area contributed by atoms with Crippen LogP contribution in [0.4, 0.5) is 0 Å². The Bertz CT molecular complexity index is 832. The van der Waals surface area contributed by atoms with E-state index in [1.165, 1.54) is 5.56 Å². The lowest BCUT2D eigenvalue weighted by Crippen LogP contribution is -2.61. The van der Waals surface area contributed by atoms with E-state index in [9.17, 15) is 9.59 Å². The van der Waals surface area contributed by atoms with Crippen LogP contribution in [0.2, 0.25) is 0 Å². The first-order chi connectivity index (χ1) is 12.9. The van der Waals surface area contributed by atoms with Crippen LogP contribution in [0.15, 0.2) is 48.5 Å².